The van der Waals surface area contributed by atoms with Gasteiger partial charge < -0.3 is 0 Å². The van der Waals surface area contributed by atoms with Crippen LogP contribution in [0.1, 0.15) is 66.7 Å². The Morgan fingerprint density at radius 3 is 1.79 bits per heavy atom. The van der Waals surface area contributed by atoms with E-state index in [0.717, 1.165) is 25.7 Å². The highest BCUT2D eigenvalue weighted by Crippen LogP contribution is 1.95. The zero-order valence-electron chi connectivity index (χ0n) is 14.0. The first-order valence-electron chi connectivity index (χ1n) is 7.27. The maximum absolute atomic E-state index is 11.4. The SMILES string of the molecule is C#CCCC.C=C.CC.CC.[CH2]C=CCCCCF. The number of terminal acetylenes is 1. The van der Waals surface area contributed by atoms with E-state index in [2.05, 4.69) is 32.9 Å². The van der Waals surface area contributed by atoms with E-state index in [1.54, 1.807) is 6.08 Å². The zero-order valence-corrected chi connectivity index (χ0v) is 14.0. The van der Waals surface area contributed by atoms with Crippen LogP contribution in [0.5, 0.6) is 0 Å². The molecule has 0 heterocycles. The van der Waals surface area contributed by atoms with Crippen LogP contribution in [0, 0.1) is 19.3 Å². The summed E-state index contributed by atoms with van der Waals surface area (Å²) in [5.41, 5.74) is 0. The summed E-state index contributed by atoms with van der Waals surface area (Å²) in [5.74, 6) is 2.52. The Labute approximate surface area is 123 Å². The number of allylic oxidation sites excluding steroid dienone is 2. The Morgan fingerprint density at radius 2 is 1.58 bits per heavy atom. The van der Waals surface area contributed by atoms with Crippen molar-refractivity contribution in [2.24, 2.45) is 0 Å². The van der Waals surface area contributed by atoms with E-state index in [4.69, 9.17) is 6.42 Å². The molecule has 0 atom stereocenters. The molecule has 0 N–H and O–H groups in total. The maximum Gasteiger partial charge on any atom is 0.0894 e. The molecule has 0 nitrogen and oxygen atoms in total. The maximum atomic E-state index is 11.4. The highest BCUT2D eigenvalue weighted by atomic mass is 19.1. The van der Waals surface area contributed by atoms with Gasteiger partial charge in [-0.1, -0.05) is 46.8 Å². The average Bonchev–Trinajstić information content (AvgIpc) is 2.51. The molecule has 0 spiro atoms. The van der Waals surface area contributed by atoms with Crippen molar-refractivity contribution in [2.75, 3.05) is 6.67 Å². The Morgan fingerprint density at radius 1 is 1.11 bits per heavy atom. The van der Waals surface area contributed by atoms with Gasteiger partial charge in [0.25, 0.3) is 0 Å². The topological polar surface area (TPSA) is 0 Å². The van der Waals surface area contributed by atoms with E-state index >= 15 is 0 Å². The largest absolute Gasteiger partial charge is 0.251 e. The summed E-state index contributed by atoms with van der Waals surface area (Å²) < 4.78 is 11.4. The Hall–Kier alpha value is -1.03. The molecule has 0 unspecified atom stereocenters. The number of alkyl halides is 1. The van der Waals surface area contributed by atoms with Gasteiger partial charge in [-0.3, -0.25) is 4.39 Å². The van der Waals surface area contributed by atoms with E-state index < -0.39 is 0 Å². The molecule has 0 fully saturated rings. The minimum absolute atomic E-state index is 0.190. The molecule has 0 aromatic heterocycles. The van der Waals surface area contributed by atoms with Crippen LogP contribution in [0.2, 0.25) is 0 Å². The molecular formula is C18H36F. The molecule has 0 saturated carbocycles. The van der Waals surface area contributed by atoms with E-state index in [9.17, 15) is 4.39 Å². The van der Waals surface area contributed by atoms with Gasteiger partial charge in [-0.2, -0.15) is 0 Å². The normalized spacial score (nSPS) is 7.05. The fraction of sp³-hybridized carbons (Fsp3) is 0.611. The minimum Gasteiger partial charge on any atom is -0.251 e. The summed E-state index contributed by atoms with van der Waals surface area (Å²) in [6.07, 6.45) is 13.2. The average molecular weight is 271 g/mol. The molecule has 0 aromatic carbocycles. The Bertz CT molecular complexity index is 142. The summed E-state index contributed by atoms with van der Waals surface area (Å²) in [6.45, 7) is 19.4. The summed E-state index contributed by atoms with van der Waals surface area (Å²) in [4.78, 5) is 0. The van der Waals surface area contributed by atoms with Gasteiger partial charge in [-0.15, -0.1) is 25.5 Å². The molecule has 115 valence electrons. The van der Waals surface area contributed by atoms with Crippen LogP contribution in [0.25, 0.3) is 0 Å². The third kappa shape index (κ3) is 107. The van der Waals surface area contributed by atoms with Gasteiger partial charge in [-0.05, 0) is 32.6 Å². The van der Waals surface area contributed by atoms with Gasteiger partial charge in [-0.25, -0.2) is 0 Å². The highest BCUT2D eigenvalue weighted by molar-refractivity contribution is 4.83. The quantitative estimate of drug-likeness (QED) is 0.293. The molecule has 0 saturated heterocycles. The lowest BCUT2D eigenvalue weighted by molar-refractivity contribution is 0.463. The van der Waals surface area contributed by atoms with Gasteiger partial charge in [0, 0.05) is 6.42 Å². The van der Waals surface area contributed by atoms with Gasteiger partial charge in [0.1, 0.15) is 0 Å². The lowest BCUT2D eigenvalue weighted by atomic mass is 10.2. The third-order valence-corrected chi connectivity index (χ3v) is 1.32. The smallest absolute Gasteiger partial charge is 0.0894 e. The van der Waals surface area contributed by atoms with E-state index in [1.165, 1.54) is 0 Å². The fourth-order valence-electron chi connectivity index (χ4n) is 0.619. The van der Waals surface area contributed by atoms with Crippen molar-refractivity contribution in [3.8, 4) is 12.3 Å². The molecule has 0 amide bonds. The van der Waals surface area contributed by atoms with Crippen molar-refractivity contribution < 1.29 is 4.39 Å². The first kappa shape index (κ1) is 30.8. The first-order chi connectivity index (χ1) is 9.33. The molecule has 0 rings (SSSR count). The van der Waals surface area contributed by atoms with E-state index in [-0.39, 0.29) is 6.67 Å². The van der Waals surface area contributed by atoms with Crippen molar-refractivity contribution in [3.63, 3.8) is 0 Å². The molecular weight excluding hydrogens is 235 g/mol. The van der Waals surface area contributed by atoms with Crippen molar-refractivity contribution in [1.82, 2.24) is 0 Å². The lowest BCUT2D eigenvalue weighted by Gasteiger charge is -1.87. The van der Waals surface area contributed by atoms with Crippen LogP contribution < -0.4 is 0 Å². The predicted molar refractivity (Wildman–Crippen MR) is 92.0 cm³/mol. The standard InChI is InChI=1S/C7H12F.C5H8.2C2H6.C2H4/c1-2-3-4-5-6-7-8;1-3-5-4-2;3*1-2/h2-3H,1,4-7H2;1H,4-5H2,2H3;2*1-2H3;1-2H2. The zero-order chi connectivity index (χ0) is 16.4. The van der Waals surface area contributed by atoms with E-state index in [0.29, 0.717) is 6.42 Å². The van der Waals surface area contributed by atoms with Crippen LogP contribution in [-0.2, 0) is 0 Å². The summed E-state index contributed by atoms with van der Waals surface area (Å²) >= 11 is 0. The molecule has 0 aliphatic heterocycles. The number of rotatable bonds is 5. The van der Waals surface area contributed by atoms with Crippen LogP contribution in [0.15, 0.2) is 25.3 Å². The van der Waals surface area contributed by atoms with Gasteiger partial charge in [0.15, 0.2) is 0 Å². The summed E-state index contributed by atoms with van der Waals surface area (Å²) in [5, 5.41) is 0. The molecule has 0 bridgehead atoms. The number of halogens is 1. The first-order valence-corrected chi connectivity index (χ1v) is 7.27. The number of hydrogen-bond donors (Lipinski definition) is 0. The van der Waals surface area contributed by atoms with Crippen molar-refractivity contribution >= 4 is 0 Å². The molecule has 0 aliphatic rings. The van der Waals surface area contributed by atoms with Gasteiger partial charge in [0.05, 0.1) is 6.67 Å². The second-order valence-corrected chi connectivity index (χ2v) is 2.61. The second-order valence-electron chi connectivity index (χ2n) is 2.61. The molecule has 19 heavy (non-hydrogen) atoms. The van der Waals surface area contributed by atoms with Crippen molar-refractivity contribution in [3.05, 3.63) is 32.2 Å². The molecule has 1 radical (unpaired) electrons. The molecule has 0 aliphatic carbocycles. The molecule has 1 heteroatoms. The molecule has 0 aromatic rings. The Balaban J connectivity index is -0.0000000513. The number of unbranched alkanes of at least 4 members (excludes halogenated alkanes) is 3. The van der Waals surface area contributed by atoms with Crippen LogP contribution in [0.4, 0.5) is 4.39 Å². The number of hydrogen-bond acceptors (Lipinski definition) is 0. The lowest BCUT2D eigenvalue weighted by Crippen LogP contribution is -1.73. The fourth-order valence-corrected chi connectivity index (χ4v) is 0.619. The second kappa shape index (κ2) is 68.1. The van der Waals surface area contributed by atoms with Gasteiger partial charge in [0.2, 0.25) is 0 Å². The predicted octanol–water partition coefficient (Wildman–Crippen LogP) is 6.79. The van der Waals surface area contributed by atoms with Crippen molar-refractivity contribution in [1.29, 1.82) is 0 Å². The van der Waals surface area contributed by atoms with Crippen LogP contribution in [0.3, 0.4) is 0 Å². The van der Waals surface area contributed by atoms with Crippen LogP contribution in [-0.4, -0.2) is 6.67 Å². The minimum atomic E-state index is -0.190. The van der Waals surface area contributed by atoms with E-state index in [1.807, 2.05) is 33.8 Å². The highest BCUT2D eigenvalue weighted by Gasteiger charge is 1.80. The van der Waals surface area contributed by atoms with Crippen LogP contribution >= 0.6 is 0 Å². The van der Waals surface area contributed by atoms with Gasteiger partial charge >= 0.3 is 0 Å². The van der Waals surface area contributed by atoms with Crippen molar-refractivity contribution in [2.45, 2.75) is 66.7 Å². The monoisotopic (exact) mass is 271 g/mol. The third-order valence-electron chi connectivity index (χ3n) is 1.32. The summed E-state index contributed by atoms with van der Waals surface area (Å²) in [6, 6.07) is 0. The Kier molecular flexibility index (Phi) is 110. The summed E-state index contributed by atoms with van der Waals surface area (Å²) in [7, 11) is 0.